The SMILES string of the molecule is C=CCN(C)Cc1c(CC)oc2ccccc12. The summed E-state index contributed by atoms with van der Waals surface area (Å²) in [4.78, 5) is 2.24. The van der Waals surface area contributed by atoms with Crippen molar-refractivity contribution in [1.82, 2.24) is 4.90 Å². The van der Waals surface area contributed by atoms with E-state index in [9.17, 15) is 0 Å². The van der Waals surface area contributed by atoms with Crippen molar-refractivity contribution in [2.75, 3.05) is 13.6 Å². The fraction of sp³-hybridized carbons (Fsp3) is 0.333. The maximum atomic E-state index is 5.87. The van der Waals surface area contributed by atoms with Crippen LogP contribution in [0.5, 0.6) is 0 Å². The largest absolute Gasteiger partial charge is 0.461 e. The van der Waals surface area contributed by atoms with Gasteiger partial charge < -0.3 is 4.42 Å². The van der Waals surface area contributed by atoms with Crippen molar-refractivity contribution in [3.8, 4) is 0 Å². The molecular formula is C15H19NO. The molecule has 17 heavy (non-hydrogen) atoms. The average Bonchev–Trinajstić information content (AvgIpc) is 2.68. The number of hydrogen-bond acceptors (Lipinski definition) is 2. The van der Waals surface area contributed by atoms with Crippen LogP contribution in [0.1, 0.15) is 18.2 Å². The van der Waals surface area contributed by atoms with E-state index in [-0.39, 0.29) is 0 Å². The lowest BCUT2D eigenvalue weighted by atomic mass is 10.1. The van der Waals surface area contributed by atoms with Crippen LogP contribution in [0.2, 0.25) is 0 Å². The van der Waals surface area contributed by atoms with Gasteiger partial charge in [-0.15, -0.1) is 6.58 Å². The molecule has 0 aliphatic rings. The minimum Gasteiger partial charge on any atom is -0.461 e. The summed E-state index contributed by atoms with van der Waals surface area (Å²) < 4.78 is 5.87. The van der Waals surface area contributed by atoms with Crippen LogP contribution in [0.15, 0.2) is 41.3 Å². The molecule has 0 aliphatic heterocycles. The fourth-order valence-electron chi connectivity index (χ4n) is 2.16. The van der Waals surface area contributed by atoms with Crippen molar-refractivity contribution in [2.24, 2.45) is 0 Å². The van der Waals surface area contributed by atoms with Crippen LogP contribution in [-0.4, -0.2) is 18.5 Å². The zero-order valence-electron chi connectivity index (χ0n) is 10.6. The third-order valence-electron chi connectivity index (χ3n) is 2.97. The highest BCUT2D eigenvalue weighted by atomic mass is 16.3. The van der Waals surface area contributed by atoms with Gasteiger partial charge in [0.05, 0.1) is 0 Å². The second kappa shape index (κ2) is 5.19. The molecule has 1 aromatic heterocycles. The summed E-state index contributed by atoms with van der Waals surface area (Å²) in [5, 5.41) is 1.24. The van der Waals surface area contributed by atoms with Gasteiger partial charge >= 0.3 is 0 Å². The summed E-state index contributed by atoms with van der Waals surface area (Å²) in [5.74, 6) is 1.10. The van der Waals surface area contributed by atoms with Gasteiger partial charge in [0.25, 0.3) is 0 Å². The quantitative estimate of drug-likeness (QED) is 0.728. The number of benzene rings is 1. The van der Waals surface area contributed by atoms with E-state index >= 15 is 0 Å². The Bertz CT molecular complexity index is 513. The van der Waals surface area contributed by atoms with Crippen molar-refractivity contribution in [3.63, 3.8) is 0 Å². The Labute approximate surface area is 103 Å². The van der Waals surface area contributed by atoms with E-state index in [1.165, 1.54) is 10.9 Å². The van der Waals surface area contributed by atoms with Gasteiger partial charge in [-0.25, -0.2) is 0 Å². The first-order chi connectivity index (χ1) is 8.26. The fourth-order valence-corrected chi connectivity index (χ4v) is 2.16. The molecule has 0 unspecified atom stereocenters. The smallest absolute Gasteiger partial charge is 0.134 e. The summed E-state index contributed by atoms with van der Waals surface area (Å²) >= 11 is 0. The molecule has 0 spiro atoms. The highest BCUT2D eigenvalue weighted by molar-refractivity contribution is 5.82. The summed E-state index contributed by atoms with van der Waals surface area (Å²) in [6.45, 7) is 7.70. The second-order valence-corrected chi connectivity index (χ2v) is 4.34. The molecular weight excluding hydrogens is 210 g/mol. The molecule has 2 nitrogen and oxygen atoms in total. The standard InChI is InChI=1S/C15H19NO/c1-4-10-16(3)11-13-12-8-6-7-9-15(12)17-14(13)5-2/h4,6-9H,1,5,10-11H2,2-3H3. The predicted octanol–water partition coefficient (Wildman–Crippen LogP) is 3.61. The van der Waals surface area contributed by atoms with Gasteiger partial charge in [0.1, 0.15) is 11.3 Å². The molecule has 90 valence electrons. The van der Waals surface area contributed by atoms with Crippen molar-refractivity contribution in [3.05, 3.63) is 48.2 Å². The van der Waals surface area contributed by atoms with Crippen LogP contribution in [0.4, 0.5) is 0 Å². The zero-order valence-corrected chi connectivity index (χ0v) is 10.6. The molecule has 0 atom stereocenters. The first-order valence-electron chi connectivity index (χ1n) is 6.05. The second-order valence-electron chi connectivity index (χ2n) is 4.34. The van der Waals surface area contributed by atoms with Gasteiger partial charge in [-0.05, 0) is 13.1 Å². The molecule has 0 saturated heterocycles. The summed E-state index contributed by atoms with van der Waals surface area (Å²) in [5.41, 5.74) is 2.30. The van der Waals surface area contributed by atoms with Crippen LogP contribution in [0.3, 0.4) is 0 Å². The van der Waals surface area contributed by atoms with Gasteiger partial charge in [-0.3, -0.25) is 4.90 Å². The van der Waals surface area contributed by atoms with E-state index in [0.717, 1.165) is 30.9 Å². The molecule has 1 heterocycles. The molecule has 0 fully saturated rings. The van der Waals surface area contributed by atoms with Gasteiger partial charge in [0.15, 0.2) is 0 Å². The lowest BCUT2D eigenvalue weighted by Gasteiger charge is -2.14. The third-order valence-corrected chi connectivity index (χ3v) is 2.97. The molecule has 1 aromatic carbocycles. The summed E-state index contributed by atoms with van der Waals surface area (Å²) in [6, 6.07) is 8.25. The minimum atomic E-state index is 0.892. The topological polar surface area (TPSA) is 16.4 Å². The van der Waals surface area contributed by atoms with Gasteiger partial charge in [0.2, 0.25) is 0 Å². The first-order valence-corrected chi connectivity index (χ1v) is 6.05. The zero-order chi connectivity index (χ0) is 12.3. The Morgan fingerprint density at radius 2 is 2.12 bits per heavy atom. The van der Waals surface area contributed by atoms with Crippen molar-refractivity contribution in [1.29, 1.82) is 0 Å². The van der Waals surface area contributed by atoms with Gasteiger partial charge in [0, 0.05) is 30.5 Å². The molecule has 0 radical (unpaired) electrons. The molecule has 0 N–H and O–H groups in total. The number of para-hydroxylation sites is 1. The summed E-state index contributed by atoms with van der Waals surface area (Å²) in [7, 11) is 2.10. The van der Waals surface area contributed by atoms with E-state index in [4.69, 9.17) is 4.42 Å². The van der Waals surface area contributed by atoms with Crippen LogP contribution in [0, 0.1) is 0 Å². The third kappa shape index (κ3) is 2.42. The Balaban J connectivity index is 2.39. The van der Waals surface area contributed by atoms with Crippen molar-refractivity contribution < 1.29 is 4.42 Å². The number of fused-ring (bicyclic) bond motifs is 1. The molecule has 2 aromatic rings. The average molecular weight is 229 g/mol. The predicted molar refractivity (Wildman–Crippen MR) is 72.1 cm³/mol. The highest BCUT2D eigenvalue weighted by Crippen LogP contribution is 2.27. The van der Waals surface area contributed by atoms with Gasteiger partial charge in [-0.2, -0.15) is 0 Å². The number of furan rings is 1. The van der Waals surface area contributed by atoms with Crippen molar-refractivity contribution in [2.45, 2.75) is 19.9 Å². The number of aryl methyl sites for hydroxylation is 1. The lowest BCUT2D eigenvalue weighted by molar-refractivity contribution is 0.360. The van der Waals surface area contributed by atoms with Crippen LogP contribution in [0.25, 0.3) is 11.0 Å². The van der Waals surface area contributed by atoms with Crippen LogP contribution in [-0.2, 0) is 13.0 Å². The number of hydrogen-bond donors (Lipinski definition) is 0. The molecule has 2 heteroatoms. The molecule has 0 saturated carbocycles. The maximum Gasteiger partial charge on any atom is 0.134 e. The van der Waals surface area contributed by atoms with Crippen molar-refractivity contribution >= 4 is 11.0 Å². The molecule has 2 rings (SSSR count). The number of nitrogens with zero attached hydrogens (tertiary/aromatic N) is 1. The maximum absolute atomic E-state index is 5.87. The normalized spacial score (nSPS) is 11.2. The van der Waals surface area contributed by atoms with E-state index < -0.39 is 0 Å². The molecule has 0 amide bonds. The van der Waals surface area contributed by atoms with E-state index in [1.807, 2.05) is 18.2 Å². The summed E-state index contributed by atoms with van der Waals surface area (Å²) in [6.07, 6.45) is 2.86. The Morgan fingerprint density at radius 3 is 2.82 bits per heavy atom. The number of rotatable bonds is 5. The Kier molecular flexibility index (Phi) is 3.64. The van der Waals surface area contributed by atoms with E-state index in [2.05, 4.69) is 37.6 Å². The van der Waals surface area contributed by atoms with Gasteiger partial charge in [-0.1, -0.05) is 31.2 Å². The monoisotopic (exact) mass is 229 g/mol. The first kappa shape index (κ1) is 11.9. The molecule has 0 aliphatic carbocycles. The van der Waals surface area contributed by atoms with Crippen LogP contribution >= 0.6 is 0 Å². The highest BCUT2D eigenvalue weighted by Gasteiger charge is 2.13. The van der Waals surface area contributed by atoms with E-state index in [0.29, 0.717) is 0 Å². The lowest BCUT2D eigenvalue weighted by Crippen LogP contribution is -2.17. The van der Waals surface area contributed by atoms with E-state index in [1.54, 1.807) is 0 Å². The molecule has 0 bridgehead atoms. The number of likely N-dealkylation sites (N-methyl/N-ethyl adjacent to an activating group) is 1. The Hall–Kier alpha value is -1.54. The minimum absolute atomic E-state index is 0.892. The van der Waals surface area contributed by atoms with Crippen LogP contribution < -0.4 is 0 Å². The Morgan fingerprint density at radius 1 is 1.35 bits per heavy atom.